The van der Waals surface area contributed by atoms with Gasteiger partial charge in [0.15, 0.2) is 5.75 Å². The van der Waals surface area contributed by atoms with Crippen LogP contribution in [0.15, 0.2) is 30.4 Å². The lowest BCUT2D eigenvalue weighted by atomic mass is 10.1. The maximum Gasteiger partial charge on any atom is 0.333 e. The van der Waals surface area contributed by atoms with Gasteiger partial charge in [-0.3, -0.25) is 0 Å². The fraction of sp³-hybridized carbons (Fsp3) is 0.308. The van der Waals surface area contributed by atoms with Crippen molar-refractivity contribution in [2.75, 3.05) is 6.61 Å². The monoisotopic (exact) mass is 248 g/mol. The molecule has 1 N–H and O–H groups in total. The average molecular weight is 248 g/mol. The summed E-state index contributed by atoms with van der Waals surface area (Å²) in [7, 11) is 1.51. The fourth-order valence-electron chi connectivity index (χ4n) is 1.44. The van der Waals surface area contributed by atoms with Gasteiger partial charge < -0.3 is 14.5 Å². The van der Waals surface area contributed by atoms with Crippen LogP contribution in [0, 0.1) is 0 Å². The molecule has 1 aromatic rings. The van der Waals surface area contributed by atoms with Gasteiger partial charge in [-0.1, -0.05) is 12.6 Å². The summed E-state index contributed by atoms with van der Waals surface area (Å²) < 4.78 is 10.0. The quantitative estimate of drug-likeness (QED) is 0.357. The van der Waals surface area contributed by atoms with Crippen LogP contribution >= 0.6 is 0 Å². The number of benzene rings is 1. The molecule has 0 saturated carbocycles. The zero-order chi connectivity index (χ0) is 13.5. The van der Waals surface area contributed by atoms with E-state index >= 15 is 0 Å². The summed E-state index contributed by atoms with van der Waals surface area (Å²) in [5, 5.41) is 9.44. The zero-order valence-corrected chi connectivity index (χ0v) is 10.7. The molecule has 4 nitrogen and oxygen atoms in total. The molecular weight excluding hydrogens is 231 g/mol. The topological polar surface area (TPSA) is 55.8 Å². The third-order valence-electron chi connectivity index (χ3n) is 2.44. The Morgan fingerprint density at radius 3 is 2.83 bits per heavy atom. The van der Waals surface area contributed by atoms with Crippen molar-refractivity contribution in [1.82, 2.24) is 0 Å². The number of carbonyl (C=O) groups excluding carboxylic acids is 1. The molecule has 5 heteroatoms. The summed E-state index contributed by atoms with van der Waals surface area (Å²) in [6.45, 7) is 5.48. The number of carbonyl (C=O) groups is 1. The summed E-state index contributed by atoms with van der Waals surface area (Å²) in [5.74, 6) is 0.208. The van der Waals surface area contributed by atoms with E-state index in [0.717, 1.165) is 12.0 Å². The highest BCUT2D eigenvalue weighted by Crippen LogP contribution is 2.26. The molecule has 0 aliphatic heterocycles. The molecule has 18 heavy (non-hydrogen) atoms. The highest BCUT2D eigenvalue weighted by atomic mass is 16.5. The molecule has 0 spiro atoms. The SMILES string of the molecule is BOc1cc(CCCOC(=O)C(=C)C)ccc1O. The standard InChI is InChI=1S/C13H17BO4/c1-9(2)13(16)17-7-3-4-10-5-6-11(15)12(8-10)18-14/h5-6,8,15H,1,3-4,7,14H2,2H3. The molecule has 0 atom stereocenters. The first-order chi connectivity index (χ1) is 8.54. The molecule has 96 valence electrons. The summed E-state index contributed by atoms with van der Waals surface area (Å²) in [4.78, 5) is 11.1. The number of esters is 1. The van der Waals surface area contributed by atoms with E-state index in [1.807, 2.05) is 6.07 Å². The number of hydrogen-bond donors (Lipinski definition) is 1. The Morgan fingerprint density at radius 1 is 1.50 bits per heavy atom. The predicted molar refractivity (Wildman–Crippen MR) is 71.4 cm³/mol. The van der Waals surface area contributed by atoms with E-state index in [4.69, 9.17) is 9.39 Å². The van der Waals surface area contributed by atoms with Crippen LogP contribution in [0.25, 0.3) is 0 Å². The third-order valence-corrected chi connectivity index (χ3v) is 2.44. The van der Waals surface area contributed by atoms with Crippen LogP contribution in [-0.2, 0) is 16.0 Å². The lowest BCUT2D eigenvalue weighted by Crippen LogP contribution is -2.06. The summed E-state index contributed by atoms with van der Waals surface area (Å²) in [6.07, 6.45) is 1.47. The van der Waals surface area contributed by atoms with Crippen LogP contribution < -0.4 is 4.65 Å². The lowest BCUT2D eigenvalue weighted by Gasteiger charge is -2.07. The maximum absolute atomic E-state index is 11.1. The molecular formula is C13H17BO4. The highest BCUT2D eigenvalue weighted by molar-refractivity contribution is 6.00. The van der Waals surface area contributed by atoms with Crippen molar-refractivity contribution in [1.29, 1.82) is 0 Å². The Labute approximate surface area is 108 Å². The summed E-state index contributed by atoms with van der Waals surface area (Å²) in [5.41, 5.74) is 1.43. The van der Waals surface area contributed by atoms with E-state index in [0.29, 0.717) is 24.4 Å². The van der Waals surface area contributed by atoms with Crippen molar-refractivity contribution < 1.29 is 19.3 Å². The molecule has 0 amide bonds. The van der Waals surface area contributed by atoms with Crippen molar-refractivity contribution in [2.45, 2.75) is 19.8 Å². The Morgan fingerprint density at radius 2 is 2.22 bits per heavy atom. The molecule has 0 aromatic heterocycles. The van der Waals surface area contributed by atoms with Gasteiger partial charge in [0.2, 0.25) is 0 Å². The average Bonchev–Trinajstić information content (AvgIpc) is 2.35. The predicted octanol–water partition coefficient (Wildman–Crippen LogP) is 1.37. The maximum atomic E-state index is 11.1. The van der Waals surface area contributed by atoms with Crippen molar-refractivity contribution >= 4 is 14.0 Å². The zero-order valence-electron chi connectivity index (χ0n) is 10.7. The van der Waals surface area contributed by atoms with Gasteiger partial charge in [-0.15, -0.1) is 0 Å². The van der Waals surface area contributed by atoms with E-state index in [1.54, 1.807) is 19.1 Å². The summed E-state index contributed by atoms with van der Waals surface area (Å²) >= 11 is 0. The van der Waals surface area contributed by atoms with E-state index in [-0.39, 0.29) is 11.7 Å². The fourth-order valence-corrected chi connectivity index (χ4v) is 1.44. The molecule has 0 unspecified atom stereocenters. The largest absolute Gasteiger partial charge is 0.565 e. The number of phenolic OH excluding ortho intramolecular Hbond substituents is 1. The second-order valence-electron chi connectivity index (χ2n) is 4.03. The number of aryl methyl sites for hydroxylation is 1. The van der Waals surface area contributed by atoms with E-state index in [1.165, 1.54) is 8.05 Å². The molecule has 0 saturated heterocycles. The minimum atomic E-state index is -0.363. The van der Waals surface area contributed by atoms with E-state index in [9.17, 15) is 9.90 Å². The molecule has 0 heterocycles. The van der Waals surface area contributed by atoms with E-state index in [2.05, 4.69) is 6.58 Å². The van der Waals surface area contributed by atoms with Crippen LogP contribution in [0.4, 0.5) is 0 Å². The Hall–Kier alpha value is -1.91. The van der Waals surface area contributed by atoms with Gasteiger partial charge in [0.05, 0.1) is 6.61 Å². The molecule has 0 aliphatic rings. The molecule has 1 aromatic carbocycles. The van der Waals surface area contributed by atoms with Gasteiger partial charge in [0.25, 0.3) is 0 Å². The second-order valence-corrected chi connectivity index (χ2v) is 4.03. The van der Waals surface area contributed by atoms with Gasteiger partial charge in [0, 0.05) is 5.57 Å². The van der Waals surface area contributed by atoms with Gasteiger partial charge in [-0.2, -0.15) is 0 Å². The van der Waals surface area contributed by atoms with Crippen LogP contribution in [0.1, 0.15) is 18.9 Å². The van der Waals surface area contributed by atoms with Crippen molar-refractivity contribution in [3.05, 3.63) is 35.9 Å². The second kappa shape index (κ2) is 6.74. The molecule has 1 rings (SSSR count). The van der Waals surface area contributed by atoms with Gasteiger partial charge in [-0.05, 0) is 37.5 Å². The first kappa shape index (κ1) is 14.2. The summed E-state index contributed by atoms with van der Waals surface area (Å²) in [6, 6.07) is 5.18. The van der Waals surface area contributed by atoms with Crippen molar-refractivity contribution in [3.8, 4) is 11.5 Å². The first-order valence-corrected chi connectivity index (χ1v) is 5.73. The minimum Gasteiger partial charge on any atom is -0.565 e. The van der Waals surface area contributed by atoms with Crippen LogP contribution in [0.5, 0.6) is 11.5 Å². The number of rotatable bonds is 6. The van der Waals surface area contributed by atoms with Gasteiger partial charge in [-0.25, -0.2) is 4.79 Å². The van der Waals surface area contributed by atoms with Crippen LogP contribution in [-0.4, -0.2) is 25.7 Å². The molecule has 0 bridgehead atoms. The normalized spacial score (nSPS) is 9.83. The lowest BCUT2D eigenvalue weighted by molar-refractivity contribution is -0.139. The number of ether oxygens (including phenoxy) is 1. The third kappa shape index (κ3) is 4.16. The minimum absolute atomic E-state index is 0.120. The molecule has 0 fully saturated rings. The number of hydrogen-bond acceptors (Lipinski definition) is 4. The van der Waals surface area contributed by atoms with E-state index < -0.39 is 0 Å². The van der Waals surface area contributed by atoms with Gasteiger partial charge in [0.1, 0.15) is 5.75 Å². The van der Waals surface area contributed by atoms with Crippen LogP contribution in [0.2, 0.25) is 0 Å². The van der Waals surface area contributed by atoms with Gasteiger partial charge >= 0.3 is 14.0 Å². The number of aromatic hydroxyl groups is 1. The first-order valence-electron chi connectivity index (χ1n) is 5.73. The van der Waals surface area contributed by atoms with Crippen molar-refractivity contribution in [3.63, 3.8) is 0 Å². The Kier molecular flexibility index (Phi) is 5.30. The van der Waals surface area contributed by atoms with Crippen LogP contribution in [0.3, 0.4) is 0 Å². The number of phenols is 1. The Balaban J connectivity index is 2.40. The molecule has 0 aliphatic carbocycles. The Bertz CT molecular complexity index is 443. The molecule has 0 radical (unpaired) electrons. The van der Waals surface area contributed by atoms with Crippen molar-refractivity contribution in [2.24, 2.45) is 0 Å². The smallest absolute Gasteiger partial charge is 0.333 e. The highest BCUT2D eigenvalue weighted by Gasteiger charge is 2.04.